The molecule has 0 spiro atoms. The molecule has 7 aromatic rings. The van der Waals surface area contributed by atoms with E-state index < -0.39 is 0 Å². The van der Waals surface area contributed by atoms with Gasteiger partial charge in [-0.05, 0) is 45.7 Å². The van der Waals surface area contributed by atoms with Crippen molar-refractivity contribution < 1.29 is 0 Å². The normalized spacial score (nSPS) is 11.2. The van der Waals surface area contributed by atoms with Gasteiger partial charge in [-0.3, -0.25) is 0 Å². The maximum Gasteiger partial charge on any atom is 0.164 e. The van der Waals surface area contributed by atoms with Crippen LogP contribution in [0.15, 0.2) is 133 Å². The Morgan fingerprint density at radius 3 is 1.56 bits per heavy atom. The number of aryl methyl sites for hydroxylation is 1. The van der Waals surface area contributed by atoms with Crippen molar-refractivity contribution in [2.24, 2.45) is 0 Å². The molecule has 0 aliphatic rings. The number of fused-ring (bicyclic) bond motifs is 2. The second-order valence-electron chi connectivity index (χ2n) is 9.72. The molecule has 0 saturated heterocycles. The van der Waals surface area contributed by atoms with Gasteiger partial charge in [0.2, 0.25) is 0 Å². The van der Waals surface area contributed by atoms with Gasteiger partial charge in [-0.25, -0.2) is 15.0 Å². The van der Waals surface area contributed by atoms with Crippen molar-refractivity contribution in [3.8, 4) is 45.3 Å². The molecule has 1 heterocycles. The average Bonchev–Trinajstić information content (AvgIpc) is 3.02. The van der Waals surface area contributed by atoms with Crippen molar-refractivity contribution in [2.75, 3.05) is 0 Å². The summed E-state index contributed by atoms with van der Waals surface area (Å²) in [6.45, 7) is 2.17. The number of hydrogen-bond donors (Lipinski definition) is 0. The van der Waals surface area contributed by atoms with E-state index in [9.17, 15) is 0 Å². The van der Waals surface area contributed by atoms with Crippen LogP contribution in [0.25, 0.3) is 66.8 Å². The van der Waals surface area contributed by atoms with Crippen molar-refractivity contribution in [2.45, 2.75) is 6.92 Å². The van der Waals surface area contributed by atoms with Crippen LogP contribution in [0, 0.1) is 6.92 Å². The minimum atomic E-state index is 0.660. The zero-order chi connectivity index (χ0) is 26.2. The summed E-state index contributed by atoms with van der Waals surface area (Å²) in [6, 6.07) is 46.2. The molecule has 0 aliphatic carbocycles. The predicted octanol–water partition coefficient (Wildman–Crippen LogP) is 9.15. The second kappa shape index (κ2) is 9.62. The molecule has 39 heavy (non-hydrogen) atoms. The fourth-order valence-electron chi connectivity index (χ4n) is 5.34. The van der Waals surface area contributed by atoms with Gasteiger partial charge in [0.1, 0.15) is 0 Å². The third-order valence-electron chi connectivity index (χ3n) is 7.28. The molecule has 3 heteroatoms. The summed E-state index contributed by atoms with van der Waals surface area (Å²) in [4.78, 5) is 15.0. The molecule has 0 atom stereocenters. The molecule has 0 aliphatic heterocycles. The van der Waals surface area contributed by atoms with E-state index in [1.54, 1.807) is 0 Å². The van der Waals surface area contributed by atoms with Gasteiger partial charge >= 0.3 is 0 Å². The van der Waals surface area contributed by atoms with E-state index in [1.807, 2.05) is 60.7 Å². The molecule has 0 unspecified atom stereocenters. The molecule has 0 amide bonds. The van der Waals surface area contributed by atoms with E-state index in [1.165, 1.54) is 32.7 Å². The van der Waals surface area contributed by atoms with Gasteiger partial charge in [-0.2, -0.15) is 0 Å². The first-order chi connectivity index (χ1) is 19.3. The molecular weight excluding hydrogens is 474 g/mol. The summed E-state index contributed by atoms with van der Waals surface area (Å²) in [5.74, 6) is 1.98. The van der Waals surface area contributed by atoms with Gasteiger partial charge in [0.05, 0.1) is 0 Å². The monoisotopic (exact) mass is 499 g/mol. The van der Waals surface area contributed by atoms with E-state index in [0.29, 0.717) is 17.5 Å². The summed E-state index contributed by atoms with van der Waals surface area (Å²) in [6.07, 6.45) is 0. The number of aromatic nitrogens is 3. The quantitative estimate of drug-likeness (QED) is 0.242. The van der Waals surface area contributed by atoms with Crippen LogP contribution < -0.4 is 0 Å². The molecular formula is C36H25N3. The molecule has 0 radical (unpaired) electrons. The lowest BCUT2D eigenvalue weighted by Crippen LogP contribution is -2.01. The molecule has 7 rings (SSSR count). The van der Waals surface area contributed by atoms with Gasteiger partial charge in [-0.1, -0.05) is 127 Å². The van der Waals surface area contributed by atoms with Crippen LogP contribution >= 0.6 is 0 Å². The molecule has 1 aromatic heterocycles. The Morgan fingerprint density at radius 2 is 0.897 bits per heavy atom. The van der Waals surface area contributed by atoms with Gasteiger partial charge in [0.25, 0.3) is 0 Å². The highest BCUT2D eigenvalue weighted by Gasteiger charge is 2.19. The molecule has 184 valence electrons. The number of rotatable bonds is 4. The lowest BCUT2D eigenvalue weighted by atomic mass is 9.88. The Labute approximate surface area is 227 Å². The minimum Gasteiger partial charge on any atom is -0.208 e. The first-order valence-corrected chi connectivity index (χ1v) is 13.1. The van der Waals surface area contributed by atoms with E-state index in [4.69, 9.17) is 15.0 Å². The van der Waals surface area contributed by atoms with Crippen LogP contribution in [-0.2, 0) is 0 Å². The summed E-state index contributed by atoms with van der Waals surface area (Å²) >= 11 is 0. The van der Waals surface area contributed by atoms with Gasteiger partial charge in [0.15, 0.2) is 17.5 Å². The molecule has 0 N–H and O–H groups in total. The maximum atomic E-state index is 5.07. The van der Waals surface area contributed by atoms with E-state index >= 15 is 0 Å². The predicted molar refractivity (Wildman–Crippen MR) is 161 cm³/mol. The Morgan fingerprint density at radius 1 is 0.385 bits per heavy atom. The summed E-state index contributed by atoms with van der Waals surface area (Å²) in [5, 5.41) is 4.82. The largest absolute Gasteiger partial charge is 0.208 e. The Kier molecular flexibility index (Phi) is 5.68. The van der Waals surface area contributed by atoms with Gasteiger partial charge in [0, 0.05) is 22.3 Å². The fourth-order valence-corrected chi connectivity index (χ4v) is 5.34. The fraction of sp³-hybridized carbons (Fsp3) is 0.0278. The molecule has 0 fully saturated rings. The van der Waals surface area contributed by atoms with E-state index in [2.05, 4.69) is 79.7 Å². The van der Waals surface area contributed by atoms with Crippen molar-refractivity contribution in [3.63, 3.8) is 0 Å². The van der Waals surface area contributed by atoms with Crippen molar-refractivity contribution >= 4 is 21.5 Å². The SMILES string of the molecule is Cc1ccc(-c2c(-c3nc(-c4ccccc4)nc(-c4ccccc4)n3)ccc3ccccc23)c2ccccc12. The Balaban J connectivity index is 1.57. The van der Waals surface area contributed by atoms with Gasteiger partial charge < -0.3 is 0 Å². The first kappa shape index (κ1) is 23.0. The number of benzene rings is 6. The molecule has 0 saturated carbocycles. The zero-order valence-electron chi connectivity index (χ0n) is 21.5. The lowest BCUT2D eigenvalue weighted by Gasteiger charge is -2.17. The van der Waals surface area contributed by atoms with Crippen LogP contribution in [0.3, 0.4) is 0 Å². The second-order valence-corrected chi connectivity index (χ2v) is 9.72. The average molecular weight is 500 g/mol. The number of nitrogens with zero attached hydrogens (tertiary/aromatic N) is 3. The van der Waals surface area contributed by atoms with Crippen LogP contribution in [0.2, 0.25) is 0 Å². The molecule has 6 aromatic carbocycles. The van der Waals surface area contributed by atoms with Crippen molar-refractivity contribution in [1.82, 2.24) is 15.0 Å². The van der Waals surface area contributed by atoms with Crippen LogP contribution in [0.5, 0.6) is 0 Å². The standard InChI is InChI=1S/C36H25N3/c1-24-20-22-31(30-19-11-10-17-28(24)30)33-29-18-9-8-12-25(29)21-23-32(33)36-38-34(26-13-4-2-5-14-26)37-35(39-36)27-15-6-3-7-16-27/h2-23H,1H3. The van der Waals surface area contributed by atoms with Gasteiger partial charge in [-0.15, -0.1) is 0 Å². The lowest BCUT2D eigenvalue weighted by molar-refractivity contribution is 1.07. The summed E-state index contributed by atoms with van der Waals surface area (Å²) in [7, 11) is 0. The zero-order valence-corrected chi connectivity index (χ0v) is 21.5. The van der Waals surface area contributed by atoms with Crippen molar-refractivity contribution in [3.05, 3.63) is 139 Å². The third kappa shape index (κ3) is 4.14. The van der Waals surface area contributed by atoms with Crippen LogP contribution in [0.4, 0.5) is 0 Å². The van der Waals surface area contributed by atoms with E-state index in [0.717, 1.165) is 22.3 Å². The Bertz CT molecular complexity index is 1900. The summed E-state index contributed by atoms with van der Waals surface area (Å²) in [5.41, 5.74) is 6.47. The summed E-state index contributed by atoms with van der Waals surface area (Å²) < 4.78 is 0. The minimum absolute atomic E-state index is 0.660. The first-order valence-electron chi connectivity index (χ1n) is 13.1. The molecule has 0 bridgehead atoms. The highest BCUT2D eigenvalue weighted by atomic mass is 15.0. The van der Waals surface area contributed by atoms with Crippen LogP contribution in [0.1, 0.15) is 5.56 Å². The highest BCUT2D eigenvalue weighted by molar-refractivity contribution is 6.10. The number of hydrogen-bond acceptors (Lipinski definition) is 3. The Hall–Kier alpha value is -5.15. The molecule has 3 nitrogen and oxygen atoms in total. The van der Waals surface area contributed by atoms with Crippen molar-refractivity contribution in [1.29, 1.82) is 0 Å². The maximum absolute atomic E-state index is 5.07. The highest BCUT2D eigenvalue weighted by Crippen LogP contribution is 2.41. The third-order valence-corrected chi connectivity index (χ3v) is 7.28. The van der Waals surface area contributed by atoms with Crippen LogP contribution in [-0.4, -0.2) is 15.0 Å². The van der Waals surface area contributed by atoms with E-state index in [-0.39, 0.29) is 0 Å². The smallest absolute Gasteiger partial charge is 0.164 e. The topological polar surface area (TPSA) is 38.7 Å².